The summed E-state index contributed by atoms with van der Waals surface area (Å²) in [6, 6.07) is 4.59. The highest BCUT2D eigenvalue weighted by atomic mass is 35.5. The van der Waals surface area contributed by atoms with Gasteiger partial charge in [0.2, 0.25) is 5.91 Å². The number of carbonyl (C=O) groups is 1. The highest BCUT2D eigenvalue weighted by molar-refractivity contribution is 6.42. The predicted octanol–water partition coefficient (Wildman–Crippen LogP) is 3.50. The van der Waals surface area contributed by atoms with Crippen molar-refractivity contribution >= 4 is 29.1 Å². The van der Waals surface area contributed by atoms with Gasteiger partial charge in [-0.05, 0) is 30.5 Å². The SMILES string of the molecule is O=C(C1CC(F)(F)CN1)N1CCC(OCc2ccc(Cl)c(Cl)c2)CC1. The van der Waals surface area contributed by atoms with Crippen molar-refractivity contribution in [2.75, 3.05) is 19.6 Å². The molecule has 4 nitrogen and oxygen atoms in total. The molecule has 2 aliphatic heterocycles. The lowest BCUT2D eigenvalue weighted by Gasteiger charge is -2.33. The lowest BCUT2D eigenvalue weighted by Crippen LogP contribution is -2.48. The van der Waals surface area contributed by atoms with E-state index < -0.39 is 24.9 Å². The molecule has 0 spiro atoms. The first-order valence-electron chi connectivity index (χ1n) is 8.29. The van der Waals surface area contributed by atoms with Crippen molar-refractivity contribution in [1.82, 2.24) is 10.2 Å². The first-order chi connectivity index (χ1) is 11.8. The van der Waals surface area contributed by atoms with Gasteiger partial charge in [0.25, 0.3) is 5.92 Å². The van der Waals surface area contributed by atoms with Crippen LogP contribution >= 0.6 is 23.2 Å². The predicted molar refractivity (Wildman–Crippen MR) is 92.2 cm³/mol. The van der Waals surface area contributed by atoms with E-state index in [0.717, 1.165) is 5.56 Å². The van der Waals surface area contributed by atoms with Crippen LogP contribution in [0.15, 0.2) is 18.2 Å². The average Bonchev–Trinajstić information content (AvgIpc) is 2.96. The van der Waals surface area contributed by atoms with Gasteiger partial charge >= 0.3 is 0 Å². The monoisotopic (exact) mass is 392 g/mol. The van der Waals surface area contributed by atoms with Crippen LogP contribution < -0.4 is 5.32 Å². The van der Waals surface area contributed by atoms with Crippen LogP contribution in [0.2, 0.25) is 10.0 Å². The van der Waals surface area contributed by atoms with Crippen LogP contribution in [0.3, 0.4) is 0 Å². The molecule has 2 aliphatic rings. The minimum absolute atomic E-state index is 0.0384. The van der Waals surface area contributed by atoms with Gasteiger partial charge in [-0.3, -0.25) is 10.1 Å². The van der Waals surface area contributed by atoms with Gasteiger partial charge in [0.15, 0.2) is 0 Å². The number of hydrogen-bond acceptors (Lipinski definition) is 3. The van der Waals surface area contributed by atoms with Crippen LogP contribution in [0.1, 0.15) is 24.8 Å². The Labute approximate surface area is 155 Å². The molecule has 1 unspecified atom stereocenters. The summed E-state index contributed by atoms with van der Waals surface area (Å²) in [5, 5.41) is 3.61. The second-order valence-electron chi connectivity index (χ2n) is 6.58. The van der Waals surface area contributed by atoms with E-state index in [9.17, 15) is 13.6 Å². The fourth-order valence-corrected chi connectivity index (χ4v) is 3.52. The molecular weight excluding hydrogens is 373 g/mol. The highest BCUT2D eigenvalue weighted by Crippen LogP contribution is 2.27. The summed E-state index contributed by atoms with van der Waals surface area (Å²) >= 11 is 11.9. The molecule has 25 heavy (non-hydrogen) atoms. The summed E-state index contributed by atoms with van der Waals surface area (Å²) in [6.07, 6.45) is 1.00. The van der Waals surface area contributed by atoms with E-state index in [-0.39, 0.29) is 12.0 Å². The molecule has 0 aliphatic carbocycles. The van der Waals surface area contributed by atoms with Crippen LogP contribution in [0.25, 0.3) is 0 Å². The van der Waals surface area contributed by atoms with Crippen molar-refractivity contribution in [1.29, 1.82) is 0 Å². The van der Waals surface area contributed by atoms with Gasteiger partial charge in [0, 0.05) is 19.5 Å². The molecule has 2 saturated heterocycles. The summed E-state index contributed by atoms with van der Waals surface area (Å²) in [5.74, 6) is -3.03. The van der Waals surface area contributed by atoms with Crippen molar-refractivity contribution in [2.45, 2.75) is 43.9 Å². The number of nitrogens with zero attached hydrogens (tertiary/aromatic N) is 1. The first kappa shape index (κ1) is 18.8. The Kier molecular flexibility index (Phi) is 5.83. The Morgan fingerprint density at radius 3 is 2.60 bits per heavy atom. The topological polar surface area (TPSA) is 41.6 Å². The molecule has 0 saturated carbocycles. The van der Waals surface area contributed by atoms with E-state index in [1.165, 1.54) is 0 Å². The van der Waals surface area contributed by atoms with Gasteiger partial charge in [-0.15, -0.1) is 0 Å². The molecule has 0 aromatic heterocycles. The van der Waals surface area contributed by atoms with E-state index in [4.69, 9.17) is 27.9 Å². The van der Waals surface area contributed by atoms with Crippen molar-refractivity contribution < 1.29 is 18.3 Å². The molecule has 1 aromatic carbocycles. The van der Waals surface area contributed by atoms with Gasteiger partial charge in [0.1, 0.15) is 0 Å². The van der Waals surface area contributed by atoms with Crippen LogP contribution in [-0.2, 0) is 16.1 Å². The normalized spacial score (nSPS) is 23.8. The van der Waals surface area contributed by atoms with Crippen molar-refractivity contribution in [3.63, 3.8) is 0 Å². The number of alkyl halides is 2. The molecule has 8 heteroatoms. The third-order valence-corrected chi connectivity index (χ3v) is 5.37. The van der Waals surface area contributed by atoms with Crippen molar-refractivity contribution in [2.24, 2.45) is 0 Å². The largest absolute Gasteiger partial charge is 0.373 e. The zero-order valence-electron chi connectivity index (χ0n) is 13.6. The fourth-order valence-electron chi connectivity index (χ4n) is 3.20. The Bertz CT molecular complexity index is 637. The maximum absolute atomic E-state index is 13.2. The van der Waals surface area contributed by atoms with E-state index in [2.05, 4.69) is 5.32 Å². The van der Waals surface area contributed by atoms with Gasteiger partial charge in [-0.25, -0.2) is 8.78 Å². The van der Waals surface area contributed by atoms with Crippen LogP contribution in [0.5, 0.6) is 0 Å². The summed E-state index contributed by atoms with van der Waals surface area (Å²) < 4.78 is 32.3. The minimum atomic E-state index is -2.79. The summed E-state index contributed by atoms with van der Waals surface area (Å²) in [5.41, 5.74) is 0.935. The Hall–Kier alpha value is -0.950. The van der Waals surface area contributed by atoms with Crippen molar-refractivity contribution in [3.05, 3.63) is 33.8 Å². The van der Waals surface area contributed by atoms with Crippen molar-refractivity contribution in [3.8, 4) is 0 Å². The van der Waals surface area contributed by atoms with Gasteiger partial charge in [0.05, 0.1) is 35.3 Å². The number of amides is 1. The molecule has 1 amide bonds. The molecule has 2 heterocycles. The van der Waals surface area contributed by atoms with Gasteiger partial charge in [-0.2, -0.15) is 0 Å². The standard InChI is InChI=1S/C17H20Cl2F2N2O2/c18-13-2-1-11(7-14(13)19)9-25-12-3-5-23(6-4-12)16(24)15-8-17(20,21)10-22-15/h1-2,7,12,15,22H,3-6,8-10H2. The maximum Gasteiger partial charge on any atom is 0.262 e. The average molecular weight is 393 g/mol. The number of ether oxygens (including phenoxy) is 1. The molecule has 3 rings (SSSR count). The molecule has 1 N–H and O–H groups in total. The number of nitrogens with one attached hydrogen (secondary N) is 1. The number of rotatable bonds is 4. The van der Waals surface area contributed by atoms with E-state index in [1.807, 2.05) is 6.07 Å². The molecule has 0 radical (unpaired) electrons. The second kappa shape index (κ2) is 7.74. The molecule has 0 bridgehead atoms. The highest BCUT2D eigenvalue weighted by Gasteiger charge is 2.43. The maximum atomic E-state index is 13.2. The zero-order valence-corrected chi connectivity index (χ0v) is 15.1. The molecule has 1 atom stereocenters. The number of hydrogen-bond donors (Lipinski definition) is 1. The van der Waals surface area contributed by atoms with Gasteiger partial charge in [-0.1, -0.05) is 29.3 Å². The quantitative estimate of drug-likeness (QED) is 0.852. The lowest BCUT2D eigenvalue weighted by molar-refractivity contribution is -0.136. The van der Waals surface area contributed by atoms with E-state index >= 15 is 0 Å². The van der Waals surface area contributed by atoms with E-state index in [1.54, 1.807) is 17.0 Å². The second-order valence-corrected chi connectivity index (χ2v) is 7.39. The van der Waals surface area contributed by atoms with Gasteiger partial charge < -0.3 is 9.64 Å². The number of benzene rings is 1. The number of halogens is 4. The summed E-state index contributed by atoms with van der Waals surface area (Å²) in [6.45, 7) is 1.04. The summed E-state index contributed by atoms with van der Waals surface area (Å²) in [4.78, 5) is 14.0. The summed E-state index contributed by atoms with van der Waals surface area (Å²) in [7, 11) is 0. The molecule has 2 fully saturated rings. The number of likely N-dealkylation sites (tertiary alicyclic amines) is 1. The third-order valence-electron chi connectivity index (χ3n) is 4.63. The molecule has 1 aromatic rings. The van der Waals surface area contributed by atoms with Crippen LogP contribution in [0, 0.1) is 0 Å². The van der Waals surface area contributed by atoms with Crippen LogP contribution in [0.4, 0.5) is 8.78 Å². The van der Waals surface area contributed by atoms with E-state index in [0.29, 0.717) is 42.6 Å². The molecular formula is C17H20Cl2F2N2O2. The smallest absolute Gasteiger partial charge is 0.262 e. The lowest BCUT2D eigenvalue weighted by atomic mass is 10.1. The number of piperidine rings is 1. The minimum Gasteiger partial charge on any atom is -0.373 e. The Balaban J connectivity index is 1.44. The van der Waals surface area contributed by atoms with Crippen LogP contribution in [-0.4, -0.2) is 48.5 Å². The first-order valence-corrected chi connectivity index (χ1v) is 9.05. The Morgan fingerprint density at radius 2 is 2.00 bits per heavy atom. The third kappa shape index (κ3) is 4.82. The molecule has 138 valence electrons. The Morgan fingerprint density at radius 1 is 1.28 bits per heavy atom. The number of carbonyl (C=O) groups excluding carboxylic acids is 1. The fraction of sp³-hybridized carbons (Fsp3) is 0.588. The zero-order chi connectivity index (χ0) is 18.0.